The summed E-state index contributed by atoms with van der Waals surface area (Å²) >= 11 is 0. The van der Waals surface area contributed by atoms with Gasteiger partial charge in [-0.3, -0.25) is 0 Å². The van der Waals surface area contributed by atoms with Gasteiger partial charge in [0, 0.05) is 11.4 Å². The van der Waals surface area contributed by atoms with E-state index >= 15 is 0 Å². The first-order valence-electron chi connectivity index (χ1n) is 2.33. The third-order valence-corrected chi connectivity index (χ3v) is 0.948. The fraction of sp³-hybridized carbons (Fsp3) is 0.800. The Labute approximate surface area is 113 Å². The average molecular weight is 250 g/mol. The van der Waals surface area contributed by atoms with Crippen LogP contribution in [0.2, 0.25) is 0 Å². The zero-order valence-corrected chi connectivity index (χ0v) is 12.3. The average Bonchev–Trinajstić information content (AvgIpc) is 1.67. The van der Waals surface area contributed by atoms with E-state index in [1.165, 1.54) is 13.8 Å². The predicted octanol–water partition coefficient (Wildman–Crippen LogP) is -4.24. The summed E-state index contributed by atoms with van der Waals surface area (Å²) in [5, 5.41) is 18.3. The summed E-state index contributed by atoms with van der Waals surface area (Å²) in [6.07, 6.45) is 0. The van der Waals surface area contributed by atoms with Gasteiger partial charge in [0.2, 0.25) is 0 Å². The van der Waals surface area contributed by atoms with Crippen LogP contribution in [0.4, 0.5) is 0 Å². The van der Waals surface area contributed by atoms with Crippen molar-refractivity contribution >= 4 is 5.97 Å². The zero-order valence-electron chi connectivity index (χ0n) is 5.97. The van der Waals surface area contributed by atoms with Crippen molar-refractivity contribution in [3.8, 4) is 0 Å². The van der Waals surface area contributed by atoms with E-state index in [2.05, 4.69) is 0 Å². The summed E-state index contributed by atoms with van der Waals surface area (Å²) < 4.78 is 0. The Morgan fingerprint density at radius 3 is 2.00 bits per heavy atom. The van der Waals surface area contributed by atoms with Crippen molar-refractivity contribution in [1.29, 1.82) is 0 Å². The van der Waals surface area contributed by atoms with Gasteiger partial charge < -0.3 is 15.0 Å². The minimum atomic E-state index is -1.22. The molecular formula is C5H9CsO3. The molecular weight excluding hydrogens is 241 g/mol. The molecule has 0 spiro atoms. The van der Waals surface area contributed by atoms with Crippen molar-refractivity contribution in [1.82, 2.24) is 0 Å². The third-order valence-electron chi connectivity index (χ3n) is 0.948. The number of carbonyl (C=O) groups is 1. The second-order valence-electron chi connectivity index (χ2n) is 2.33. The van der Waals surface area contributed by atoms with E-state index in [0.29, 0.717) is 0 Å². The molecule has 1 N–H and O–H groups in total. The first kappa shape index (κ1) is 13.1. The van der Waals surface area contributed by atoms with Crippen LogP contribution in [0.25, 0.3) is 0 Å². The van der Waals surface area contributed by atoms with Gasteiger partial charge in [0.25, 0.3) is 0 Å². The molecule has 4 heteroatoms. The molecule has 0 bridgehead atoms. The standard InChI is InChI=1S/C5H10O3.Cs/c1-5(2,3-6)4(7)8;/h6H,3H2,1-2H3,(H,7,8);/q;+1/p-1. The first-order chi connectivity index (χ1) is 3.50. The van der Waals surface area contributed by atoms with Crippen LogP contribution in [0.15, 0.2) is 0 Å². The summed E-state index contributed by atoms with van der Waals surface area (Å²) in [6.45, 7) is 2.43. The Hall–Kier alpha value is 1.48. The maximum atomic E-state index is 9.98. The zero-order chi connectivity index (χ0) is 6.78. The second-order valence-corrected chi connectivity index (χ2v) is 2.33. The number of rotatable bonds is 2. The number of aliphatic carboxylic acids is 1. The summed E-state index contributed by atoms with van der Waals surface area (Å²) in [6, 6.07) is 0. The van der Waals surface area contributed by atoms with Gasteiger partial charge in [0.1, 0.15) is 0 Å². The normalized spacial score (nSPS) is 10.1. The van der Waals surface area contributed by atoms with Crippen LogP contribution in [-0.2, 0) is 4.79 Å². The molecule has 0 unspecified atom stereocenters. The van der Waals surface area contributed by atoms with Gasteiger partial charge in [0.15, 0.2) is 0 Å². The van der Waals surface area contributed by atoms with E-state index in [-0.39, 0.29) is 75.5 Å². The topological polar surface area (TPSA) is 60.4 Å². The molecule has 0 aliphatic carbocycles. The minimum absolute atomic E-state index is 0. The number of carboxylic acids is 1. The molecule has 3 nitrogen and oxygen atoms in total. The second kappa shape index (κ2) is 5.17. The van der Waals surface area contributed by atoms with Crippen LogP contribution < -0.4 is 74.0 Å². The molecule has 0 radical (unpaired) electrons. The molecule has 0 heterocycles. The molecule has 0 saturated carbocycles. The molecule has 0 saturated heterocycles. The van der Waals surface area contributed by atoms with Gasteiger partial charge in [-0.25, -0.2) is 0 Å². The van der Waals surface area contributed by atoms with Gasteiger partial charge in [0.05, 0.1) is 6.61 Å². The Bertz CT molecular complexity index is 100. The molecule has 0 aliphatic heterocycles. The molecule has 48 valence electrons. The Morgan fingerprint density at radius 2 is 2.00 bits per heavy atom. The van der Waals surface area contributed by atoms with Crippen LogP contribution in [0.1, 0.15) is 13.8 Å². The van der Waals surface area contributed by atoms with Crippen LogP contribution in [0.3, 0.4) is 0 Å². The molecule has 0 rings (SSSR count). The first-order valence-corrected chi connectivity index (χ1v) is 2.33. The minimum Gasteiger partial charge on any atom is -0.549 e. The van der Waals surface area contributed by atoms with Crippen molar-refractivity contribution in [2.24, 2.45) is 5.41 Å². The Kier molecular flexibility index (Phi) is 7.53. The van der Waals surface area contributed by atoms with Crippen molar-refractivity contribution in [3.63, 3.8) is 0 Å². The summed E-state index contributed by atoms with van der Waals surface area (Å²) in [5.41, 5.74) is -1.10. The van der Waals surface area contributed by atoms with E-state index in [0.717, 1.165) is 0 Å². The molecule has 0 aromatic carbocycles. The fourth-order valence-corrected chi connectivity index (χ4v) is 0.0645. The van der Waals surface area contributed by atoms with E-state index in [1.54, 1.807) is 0 Å². The molecule has 0 aliphatic rings. The van der Waals surface area contributed by atoms with Crippen molar-refractivity contribution in [3.05, 3.63) is 0 Å². The summed E-state index contributed by atoms with van der Waals surface area (Å²) in [7, 11) is 0. The van der Waals surface area contributed by atoms with Crippen molar-refractivity contribution in [2.75, 3.05) is 6.61 Å². The maximum Gasteiger partial charge on any atom is 1.00 e. The van der Waals surface area contributed by atoms with Crippen LogP contribution >= 0.6 is 0 Å². The molecule has 0 aromatic heterocycles. The van der Waals surface area contributed by atoms with Gasteiger partial charge in [-0.05, 0) is 0 Å². The van der Waals surface area contributed by atoms with Gasteiger partial charge in [-0.2, -0.15) is 0 Å². The number of aliphatic hydroxyl groups is 1. The smallest absolute Gasteiger partial charge is 0.549 e. The molecule has 9 heavy (non-hydrogen) atoms. The largest absolute Gasteiger partial charge is 1.00 e. The number of aliphatic hydroxyl groups excluding tert-OH is 1. The maximum absolute atomic E-state index is 9.98. The van der Waals surface area contributed by atoms with Gasteiger partial charge in [-0.1, -0.05) is 13.8 Å². The van der Waals surface area contributed by atoms with Crippen molar-refractivity contribution in [2.45, 2.75) is 13.8 Å². The number of hydrogen-bond donors (Lipinski definition) is 1. The molecule has 0 aromatic rings. The SMILES string of the molecule is CC(C)(CO)C(=O)[O-].[Cs+]. The summed E-state index contributed by atoms with van der Waals surface area (Å²) in [5.74, 6) is -1.22. The van der Waals surface area contributed by atoms with Gasteiger partial charge in [-0.15, -0.1) is 0 Å². The number of carboxylic acid groups (broad SMARTS) is 1. The Morgan fingerprint density at radius 1 is 1.67 bits per heavy atom. The van der Waals surface area contributed by atoms with Crippen LogP contribution in [0.5, 0.6) is 0 Å². The van der Waals surface area contributed by atoms with Gasteiger partial charge >= 0.3 is 68.9 Å². The monoisotopic (exact) mass is 250 g/mol. The molecule has 0 amide bonds. The van der Waals surface area contributed by atoms with E-state index in [1.807, 2.05) is 0 Å². The van der Waals surface area contributed by atoms with Crippen molar-refractivity contribution < 1.29 is 83.9 Å². The van der Waals surface area contributed by atoms with E-state index in [9.17, 15) is 9.90 Å². The quantitative estimate of drug-likeness (QED) is 0.540. The number of hydrogen-bond acceptors (Lipinski definition) is 3. The predicted molar refractivity (Wildman–Crippen MR) is 25.9 cm³/mol. The molecule has 0 atom stereocenters. The summed E-state index contributed by atoms with van der Waals surface area (Å²) in [4.78, 5) is 9.98. The number of carbonyl (C=O) groups excluding carboxylic acids is 1. The third kappa shape index (κ3) is 4.83. The molecule has 0 fully saturated rings. The van der Waals surface area contributed by atoms with E-state index < -0.39 is 11.4 Å². The van der Waals surface area contributed by atoms with Crippen LogP contribution in [0, 0.1) is 5.41 Å². The van der Waals surface area contributed by atoms with Crippen LogP contribution in [-0.4, -0.2) is 17.7 Å². The van der Waals surface area contributed by atoms with E-state index in [4.69, 9.17) is 5.11 Å². The fourth-order valence-electron chi connectivity index (χ4n) is 0.0645. The Balaban J connectivity index is 0.